The van der Waals surface area contributed by atoms with Gasteiger partial charge in [-0.05, 0) is 24.1 Å². The van der Waals surface area contributed by atoms with Crippen LogP contribution in [0.15, 0.2) is 24.3 Å². The second-order valence-electron chi connectivity index (χ2n) is 4.05. The smallest absolute Gasteiger partial charge is 0.330 e. The molecule has 0 fully saturated rings. The summed E-state index contributed by atoms with van der Waals surface area (Å²) < 4.78 is 23.0. The fourth-order valence-corrected chi connectivity index (χ4v) is 2.53. The lowest BCUT2D eigenvalue weighted by Gasteiger charge is -2.16. The van der Waals surface area contributed by atoms with Crippen LogP contribution in [0.2, 0.25) is 0 Å². The molecule has 0 aliphatic heterocycles. The van der Waals surface area contributed by atoms with Crippen LogP contribution in [0, 0.1) is 0 Å². The molecule has 0 heterocycles. The van der Waals surface area contributed by atoms with Gasteiger partial charge >= 0.3 is 7.60 Å². The molecule has 4 nitrogen and oxygen atoms in total. The molecule has 0 aromatic heterocycles. The summed E-state index contributed by atoms with van der Waals surface area (Å²) in [6, 6.07) is 6.63. The highest BCUT2D eigenvalue weighted by Gasteiger charge is 2.21. The summed E-state index contributed by atoms with van der Waals surface area (Å²) in [4.78, 5) is 0. The van der Waals surface area contributed by atoms with E-state index in [0.29, 0.717) is 12.8 Å². The van der Waals surface area contributed by atoms with Crippen LogP contribution in [0.3, 0.4) is 0 Å². The van der Waals surface area contributed by atoms with Crippen molar-refractivity contribution in [3.8, 4) is 5.75 Å². The fraction of sp³-hybridized carbons (Fsp3) is 0.538. The average molecular weight is 272 g/mol. The largest absolute Gasteiger partial charge is 0.508 e. The molecule has 5 heteroatoms. The summed E-state index contributed by atoms with van der Waals surface area (Å²) in [6.07, 6.45) is 2.25. The van der Waals surface area contributed by atoms with Crippen LogP contribution in [-0.4, -0.2) is 17.9 Å². The molecule has 0 saturated heterocycles. The lowest BCUT2D eigenvalue weighted by atomic mass is 10.2. The van der Waals surface area contributed by atoms with Gasteiger partial charge in [0.1, 0.15) is 5.75 Å². The maximum Gasteiger partial charge on any atom is 0.330 e. The number of aromatic hydroxyl groups is 1. The third kappa shape index (κ3) is 5.21. The van der Waals surface area contributed by atoms with Crippen LogP contribution < -0.4 is 0 Å². The van der Waals surface area contributed by atoms with Gasteiger partial charge in [-0.25, -0.2) is 0 Å². The summed E-state index contributed by atoms with van der Waals surface area (Å²) in [7, 11) is -2.97. The van der Waals surface area contributed by atoms with Crippen molar-refractivity contribution in [2.45, 2.75) is 33.3 Å². The monoisotopic (exact) mass is 272 g/mol. The number of phenols is 1. The summed E-state index contributed by atoms with van der Waals surface area (Å²) in [5.41, 5.74) is 0.862. The first-order valence-corrected chi connectivity index (χ1v) is 7.98. The molecule has 102 valence electrons. The Bertz CT molecular complexity index is 388. The zero-order valence-corrected chi connectivity index (χ0v) is 11.9. The van der Waals surface area contributed by atoms with Gasteiger partial charge < -0.3 is 14.2 Å². The molecule has 1 aromatic rings. The Morgan fingerprint density at radius 1 is 1.17 bits per heavy atom. The zero-order chi connectivity index (χ0) is 13.4. The summed E-state index contributed by atoms with van der Waals surface area (Å²) in [5.74, 6) is 0.205. The molecule has 0 bridgehead atoms. The van der Waals surface area contributed by atoms with Gasteiger partial charge in [-0.2, -0.15) is 0 Å². The maximum absolute atomic E-state index is 12.2. The van der Waals surface area contributed by atoms with Crippen LogP contribution in [0.25, 0.3) is 0 Å². The number of hydrogen-bond donors (Lipinski definition) is 1. The molecule has 0 spiro atoms. The van der Waals surface area contributed by atoms with Gasteiger partial charge in [-0.15, -0.1) is 0 Å². The average Bonchev–Trinajstić information content (AvgIpc) is 2.38. The zero-order valence-electron chi connectivity index (χ0n) is 11.0. The van der Waals surface area contributed by atoms with Crippen LogP contribution >= 0.6 is 7.60 Å². The number of phenolic OH excluding ortho intramolecular Hbond substituents is 1. The molecule has 1 unspecified atom stereocenters. The molecule has 0 saturated carbocycles. The molecule has 1 N–H and O–H groups in total. The van der Waals surface area contributed by atoms with Crippen molar-refractivity contribution in [3.63, 3.8) is 0 Å². The van der Waals surface area contributed by atoms with E-state index < -0.39 is 7.60 Å². The van der Waals surface area contributed by atoms with Crippen molar-refractivity contribution in [1.29, 1.82) is 0 Å². The third-order valence-corrected chi connectivity index (χ3v) is 4.41. The topological polar surface area (TPSA) is 55.8 Å². The Kier molecular flexibility index (Phi) is 6.41. The Labute approximate surface area is 108 Å². The molecule has 0 radical (unpaired) electrons. The highest BCUT2D eigenvalue weighted by molar-refractivity contribution is 7.53. The van der Waals surface area contributed by atoms with E-state index in [4.69, 9.17) is 14.2 Å². The van der Waals surface area contributed by atoms with Crippen LogP contribution in [0.4, 0.5) is 0 Å². The second kappa shape index (κ2) is 7.57. The number of rotatable bonds is 8. The van der Waals surface area contributed by atoms with Gasteiger partial charge in [0.05, 0.1) is 13.2 Å². The van der Waals surface area contributed by atoms with Gasteiger partial charge in [0.2, 0.25) is 0 Å². The lowest BCUT2D eigenvalue weighted by molar-refractivity contribution is 0.196. The summed E-state index contributed by atoms with van der Waals surface area (Å²) >= 11 is 0. The normalized spacial score (nSPS) is 14.3. The number of benzene rings is 1. The van der Waals surface area contributed by atoms with E-state index in [1.807, 2.05) is 0 Å². The van der Waals surface area contributed by atoms with E-state index in [9.17, 15) is 4.57 Å². The second-order valence-corrected chi connectivity index (χ2v) is 6.42. The van der Waals surface area contributed by atoms with Crippen molar-refractivity contribution < 1.29 is 18.7 Å². The SMILES string of the molecule is CCCCOP(=O)(CC)OCc1ccc(O)cc1. The molecule has 0 aliphatic carbocycles. The van der Waals surface area contributed by atoms with E-state index in [2.05, 4.69) is 6.92 Å². The standard InChI is InChI=1S/C13H21O4P/c1-3-5-10-16-18(15,4-2)17-11-12-6-8-13(14)9-7-12/h6-9,14H,3-5,10-11H2,1-2H3. The highest BCUT2D eigenvalue weighted by atomic mass is 31.2. The molecular weight excluding hydrogens is 251 g/mol. The van der Waals surface area contributed by atoms with E-state index in [1.54, 1.807) is 31.2 Å². The Hall–Kier alpha value is -0.830. The maximum atomic E-state index is 12.2. The van der Waals surface area contributed by atoms with Crippen molar-refractivity contribution in [2.75, 3.05) is 12.8 Å². The number of unbranched alkanes of at least 4 members (excludes halogenated alkanes) is 1. The predicted molar refractivity (Wildman–Crippen MR) is 71.9 cm³/mol. The van der Waals surface area contributed by atoms with Crippen molar-refractivity contribution >= 4 is 7.60 Å². The van der Waals surface area contributed by atoms with Crippen LogP contribution in [0.5, 0.6) is 5.75 Å². The molecule has 0 aliphatic rings. The Balaban J connectivity index is 2.47. The van der Waals surface area contributed by atoms with Gasteiger partial charge in [-0.3, -0.25) is 4.57 Å². The fourth-order valence-electron chi connectivity index (χ4n) is 1.33. The summed E-state index contributed by atoms with van der Waals surface area (Å²) in [6.45, 7) is 4.55. The number of hydrogen-bond acceptors (Lipinski definition) is 4. The first kappa shape index (κ1) is 15.2. The van der Waals surface area contributed by atoms with E-state index in [-0.39, 0.29) is 12.4 Å². The van der Waals surface area contributed by atoms with Crippen LogP contribution in [0.1, 0.15) is 32.3 Å². The van der Waals surface area contributed by atoms with E-state index in [0.717, 1.165) is 18.4 Å². The molecule has 18 heavy (non-hydrogen) atoms. The Morgan fingerprint density at radius 3 is 2.39 bits per heavy atom. The third-order valence-electron chi connectivity index (χ3n) is 2.54. The highest BCUT2D eigenvalue weighted by Crippen LogP contribution is 2.48. The Morgan fingerprint density at radius 2 is 1.83 bits per heavy atom. The first-order chi connectivity index (χ1) is 8.59. The van der Waals surface area contributed by atoms with Crippen molar-refractivity contribution in [2.24, 2.45) is 0 Å². The van der Waals surface area contributed by atoms with Gasteiger partial charge in [-0.1, -0.05) is 32.4 Å². The van der Waals surface area contributed by atoms with E-state index >= 15 is 0 Å². The quantitative estimate of drug-likeness (QED) is 0.575. The van der Waals surface area contributed by atoms with Crippen LogP contribution in [-0.2, 0) is 20.2 Å². The van der Waals surface area contributed by atoms with E-state index in [1.165, 1.54) is 0 Å². The van der Waals surface area contributed by atoms with Crippen molar-refractivity contribution in [3.05, 3.63) is 29.8 Å². The molecule has 1 aromatic carbocycles. The van der Waals surface area contributed by atoms with Gasteiger partial charge in [0.15, 0.2) is 0 Å². The minimum Gasteiger partial charge on any atom is -0.508 e. The minimum absolute atomic E-state index is 0.205. The lowest BCUT2D eigenvalue weighted by Crippen LogP contribution is -2.00. The molecule has 1 atom stereocenters. The summed E-state index contributed by atoms with van der Waals surface area (Å²) in [5, 5.41) is 9.15. The minimum atomic E-state index is -2.97. The first-order valence-electron chi connectivity index (χ1n) is 6.25. The predicted octanol–water partition coefficient (Wildman–Crippen LogP) is 3.94. The molecule has 1 rings (SSSR count). The van der Waals surface area contributed by atoms with Gasteiger partial charge in [0.25, 0.3) is 0 Å². The molecular formula is C13H21O4P. The molecule has 0 amide bonds. The van der Waals surface area contributed by atoms with Gasteiger partial charge in [0, 0.05) is 6.16 Å². The van der Waals surface area contributed by atoms with Crippen molar-refractivity contribution in [1.82, 2.24) is 0 Å².